The Morgan fingerprint density at radius 2 is 1.68 bits per heavy atom. The lowest BCUT2D eigenvalue weighted by Crippen LogP contribution is -2.52. The van der Waals surface area contributed by atoms with Gasteiger partial charge in [-0.1, -0.05) is 33.6 Å². The van der Waals surface area contributed by atoms with Crippen LogP contribution in [0, 0.1) is 5.41 Å². The van der Waals surface area contributed by atoms with Gasteiger partial charge < -0.3 is 10.4 Å². The van der Waals surface area contributed by atoms with E-state index in [1.54, 1.807) is 0 Å². The lowest BCUT2D eigenvalue weighted by atomic mass is 9.89. The van der Waals surface area contributed by atoms with E-state index in [4.69, 9.17) is 0 Å². The Balaban J connectivity index is 1.73. The van der Waals surface area contributed by atoms with Crippen molar-refractivity contribution in [3.05, 3.63) is 0 Å². The summed E-state index contributed by atoms with van der Waals surface area (Å²) in [6, 6.07) is 1.12. The van der Waals surface area contributed by atoms with Gasteiger partial charge in [0.25, 0.3) is 0 Å². The summed E-state index contributed by atoms with van der Waals surface area (Å²) in [6.07, 6.45) is 7.10. The highest BCUT2D eigenvalue weighted by atomic mass is 16.3. The fourth-order valence-electron chi connectivity index (χ4n) is 3.40. The number of aliphatic hydroxyl groups is 1. The van der Waals surface area contributed by atoms with Crippen LogP contribution in [-0.2, 0) is 0 Å². The van der Waals surface area contributed by atoms with Crippen molar-refractivity contribution in [1.82, 2.24) is 10.2 Å². The van der Waals surface area contributed by atoms with E-state index >= 15 is 0 Å². The van der Waals surface area contributed by atoms with E-state index in [1.807, 2.05) is 0 Å². The van der Waals surface area contributed by atoms with E-state index in [0.29, 0.717) is 17.5 Å². The van der Waals surface area contributed by atoms with Crippen LogP contribution >= 0.6 is 0 Å². The SMILES string of the molecule is CC(C)(C)CNC1CCN(C2CCCCC2O)CC1. The van der Waals surface area contributed by atoms with E-state index in [-0.39, 0.29) is 6.10 Å². The number of aliphatic hydroxyl groups excluding tert-OH is 1. The van der Waals surface area contributed by atoms with Crippen molar-refractivity contribution in [3.8, 4) is 0 Å². The Kier molecular flexibility index (Phi) is 5.27. The second kappa shape index (κ2) is 6.55. The van der Waals surface area contributed by atoms with Gasteiger partial charge in [-0.05, 0) is 31.1 Å². The van der Waals surface area contributed by atoms with Gasteiger partial charge in [0.1, 0.15) is 0 Å². The Labute approximate surface area is 118 Å². The lowest BCUT2D eigenvalue weighted by Gasteiger charge is -2.42. The summed E-state index contributed by atoms with van der Waals surface area (Å²) in [5, 5.41) is 13.8. The second-order valence-corrected chi connectivity index (χ2v) is 7.67. The van der Waals surface area contributed by atoms with Crippen molar-refractivity contribution < 1.29 is 5.11 Å². The zero-order valence-electron chi connectivity index (χ0n) is 13.0. The molecule has 0 aromatic rings. The average molecular weight is 268 g/mol. The van der Waals surface area contributed by atoms with Crippen LogP contribution in [0.2, 0.25) is 0 Å². The molecule has 0 amide bonds. The summed E-state index contributed by atoms with van der Waals surface area (Å²) >= 11 is 0. The molecule has 1 saturated carbocycles. The number of hydrogen-bond donors (Lipinski definition) is 2. The third-order valence-electron chi connectivity index (χ3n) is 4.61. The minimum absolute atomic E-state index is 0.0761. The summed E-state index contributed by atoms with van der Waals surface area (Å²) in [7, 11) is 0. The molecule has 0 aromatic heterocycles. The number of rotatable bonds is 3. The molecule has 0 aromatic carbocycles. The third-order valence-corrected chi connectivity index (χ3v) is 4.61. The molecule has 112 valence electrons. The molecule has 1 heterocycles. The molecule has 1 aliphatic carbocycles. The number of nitrogens with zero attached hydrogens (tertiary/aromatic N) is 1. The highest BCUT2D eigenvalue weighted by Gasteiger charge is 2.31. The van der Waals surface area contributed by atoms with Crippen LogP contribution < -0.4 is 5.32 Å². The fraction of sp³-hybridized carbons (Fsp3) is 1.00. The number of hydrogen-bond acceptors (Lipinski definition) is 3. The fourth-order valence-corrected chi connectivity index (χ4v) is 3.40. The molecular weight excluding hydrogens is 236 g/mol. The molecule has 2 atom stereocenters. The Bertz CT molecular complexity index is 266. The van der Waals surface area contributed by atoms with Gasteiger partial charge in [0.2, 0.25) is 0 Å². The van der Waals surface area contributed by atoms with Gasteiger partial charge in [0.15, 0.2) is 0 Å². The quantitative estimate of drug-likeness (QED) is 0.825. The summed E-state index contributed by atoms with van der Waals surface area (Å²) in [4.78, 5) is 2.54. The molecule has 0 spiro atoms. The largest absolute Gasteiger partial charge is 0.391 e. The molecule has 2 rings (SSSR count). The van der Waals surface area contributed by atoms with Crippen LogP contribution in [0.5, 0.6) is 0 Å². The molecule has 2 fully saturated rings. The monoisotopic (exact) mass is 268 g/mol. The molecule has 3 heteroatoms. The van der Waals surface area contributed by atoms with Crippen molar-refractivity contribution in [2.24, 2.45) is 5.41 Å². The highest BCUT2D eigenvalue weighted by molar-refractivity contribution is 4.87. The molecule has 3 nitrogen and oxygen atoms in total. The highest BCUT2D eigenvalue weighted by Crippen LogP contribution is 2.26. The first-order valence-corrected chi connectivity index (χ1v) is 8.11. The topological polar surface area (TPSA) is 35.5 Å². The molecule has 2 N–H and O–H groups in total. The van der Waals surface area contributed by atoms with E-state index in [1.165, 1.54) is 32.1 Å². The maximum Gasteiger partial charge on any atom is 0.0695 e. The summed E-state index contributed by atoms with van der Waals surface area (Å²) in [6.45, 7) is 10.3. The van der Waals surface area contributed by atoms with Crippen molar-refractivity contribution in [1.29, 1.82) is 0 Å². The van der Waals surface area contributed by atoms with Crippen LogP contribution in [0.15, 0.2) is 0 Å². The van der Waals surface area contributed by atoms with Gasteiger partial charge in [-0.3, -0.25) is 4.90 Å². The van der Waals surface area contributed by atoms with Gasteiger partial charge in [-0.25, -0.2) is 0 Å². The van der Waals surface area contributed by atoms with Gasteiger partial charge in [0, 0.05) is 31.7 Å². The van der Waals surface area contributed by atoms with Gasteiger partial charge in [-0.15, -0.1) is 0 Å². The zero-order chi connectivity index (χ0) is 13.9. The van der Waals surface area contributed by atoms with Crippen LogP contribution in [0.25, 0.3) is 0 Å². The molecular formula is C16H32N2O. The van der Waals surface area contributed by atoms with E-state index in [0.717, 1.165) is 26.1 Å². The zero-order valence-corrected chi connectivity index (χ0v) is 13.0. The summed E-state index contributed by atoms with van der Waals surface area (Å²) < 4.78 is 0. The van der Waals surface area contributed by atoms with Crippen LogP contribution in [-0.4, -0.2) is 47.8 Å². The number of piperidine rings is 1. The Morgan fingerprint density at radius 3 is 2.26 bits per heavy atom. The van der Waals surface area contributed by atoms with Crippen LogP contribution in [0.1, 0.15) is 59.3 Å². The predicted octanol–water partition coefficient (Wildman–Crippen LogP) is 2.39. The van der Waals surface area contributed by atoms with Crippen molar-refractivity contribution >= 4 is 0 Å². The lowest BCUT2D eigenvalue weighted by molar-refractivity contribution is 0.00685. The molecule has 2 aliphatic rings. The standard InChI is InChI=1S/C16H32N2O/c1-16(2,3)12-17-13-8-10-18(11-9-13)14-6-4-5-7-15(14)19/h13-15,17,19H,4-12H2,1-3H3. The van der Waals surface area contributed by atoms with Crippen molar-refractivity contribution in [2.75, 3.05) is 19.6 Å². The molecule has 1 aliphatic heterocycles. The van der Waals surface area contributed by atoms with Gasteiger partial charge in [-0.2, -0.15) is 0 Å². The Hall–Kier alpha value is -0.120. The second-order valence-electron chi connectivity index (χ2n) is 7.67. The van der Waals surface area contributed by atoms with Crippen LogP contribution in [0.3, 0.4) is 0 Å². The number of likely N-dealkylation sites (tertiary alicyclic amines) is 1. The van der Waals surface area contributed by atoms with Crippen molar-refractivity contribution in [3.63, 3.8) is 0 Å². The molecule has 0 radical (unpaired) electrons. The maximum atomic E-state index is 10.1. The van der Waals surface area contributed by atoms with E-state index in [9.17, 15) is 5.11 Å². The third kappa shape index (κ3) is 4.73. The van der Waals surface area contributed by atoms with Gasteiger partial charge >= 0.3 is 0 Å². The number of nitrogens with one attached hydrogen (secondary N) is 1. The summed E-state index contributed by atoms with van der Waals surface area (Å²) in [5.41, 5.74) is 0.372. The molecule has 19 heavy (non-hydrogen) atoms. The summed E-state index contributed by atoms with van der Waals surface area (Å²) in [5.74, 6) is 0. The molecule has 0 bridgehead atoms. The average Bonchev–Trinajstić information content (AvgIpc) is 2.37. The smallest absolute Gasteiger partial charge is 0.0695 e. The first kappa shape index (κ1) is 15.3. The van der Waals surface area contributed by atoms with Crippen LogP contribution in [0.4, 0.5) is 0 Å². The van der Waals surface area contributed by atoms with Crippen molar-refractivity contribution in [2.45, 2.75) is 77.5 Å². The minimum atomic E-state index is -0.0761. The van der Waals surface area contributed by atoms with Gasteiger partial charge in [0.05, 0.1) is 6.10 Å². The normalized spacial score (nSPS) is 31.6. The van der Waals surface area contributed by atoms with E-state index in [2.05, 4.69) is 31.0 Å². The minimum Gasteiger partial charge on any atom is -0.391 e. The Morgan fingerprint density at radius 1 is 1.05 bits per heavy atom. The van der Waals surface area contributed by atoms with E-state index < -0.39 is 0 Å². The molecule has 1 saturated heterocycles. The molecule has 2 unspecified atom stereocenters. The maximum absolute atomic E-state index is 10.1. The first-order valence-electron chi connectivity index (χ1n) is 8.11. The first-order chi connectivity index (χ1) is 8.96. The predicted molar refractivity (Wildman–Crippen MR) is 80.3 cm³/mol.